The van der Waals surface area contributed by atoms with Gasteiger partial charge in [0.15, 0.2) is 6.10 Å². The predicted octanol–water partition coefficient (Wildman–Crippen LogP) is 4.88. The normalized spacial score (nSPS) is 12.1. The number of hydrogen-bond donors (Lipinski definition) is 1. The van der Waals surface area contributed by atoms with Crippen LogP contribution in [0.2, 0.25) is 0 Å². The zero-order chi connectivity index (χ0) is 18.5. The number of halogens is 1. The third-order valence-corrected chi connectivity index (χ3v) is 5.68. The average molecular weight is 433 g/mol. The summed E-state index contributed by atoms with van der Waals surface area (Å²) in [7, 11) is 0. The van der Waals surface area contributed by atoms with Gasteiger partial charge in [-0.3, -0.25) is 4.79 Å². The first-order valence-electron chi connectivity index (χ1n) is 8.58. The van der Waals surface area contributed by atoms with Crippen molar-refractivity contribution in [3.05, 3.63) is 57.5 Å². The topological polar surface area (TPSA) is 51.2 Å². The molecule has 0 saturated carbocycles. The highest BCUT2D eigenvalue weighted by molar-refractivity contribution is 9.10. The van der Waals surface area contributed by atoms with E-state index in [2.05, 4.69) is 32.3 Å². The summed E-state index contributed by atoms with van der Waals surface area (Å²) < 4.78 is 7.81. The Kier molecular flexibility index (Phi) is 6.27. The van der Waals surface area contributed by atoms with E-state index in [0.717, 1.165) is 33.4 Å². The van der Waals surface area contributed by atoms with Gasteiger partial charge in [0.1, 0.15) is 5.75 Å². The molecular formula is C20H21BrN2O2S. The Morgan fingerprint density at radius 1 is 1.31 bits per heavy atom. The van der Waals surface area contributed by atoms with E-state index in [0.29, 0.717) is 12.3 Å². The summed E-state index contributed by atoms with van der Waals surface area (Å²) in [5, 5.41) is 4.04. The van der Waals surface area contributed by atoms with Crippen LogP contribution in [0.1, 0.15) is 23.9 Å². The lowest BCUT2D eigenvalue weighted by Gasteiger charge is -2.16. The van der Waals surface area contributed by atoms with Crippen LogP contribution in [0.5, 0.6) is 5.75 Å². The molecule has 3 aromatic rings. The van der Waals surface area contributed by atoms with Crippen LogP contribution >= 0.6 is 27.3 Å². The van der Waals surface area contributed by atoms with Crippen LogP contribution in [0.25, 0.3) is 10.2 Å². The van der Waals surface area contributed by atoms with Crippen molar-refractivity contribution in [3.8, 4) is 5.75 Å². The molecule has 1 N–H and O–H groups in total. The van der Waals surface area contributed by atoms with Crippen molar-refractivity contribution in [2.45, 2.75) is 32.8 Å². The van der Waals surface area contributed by atoms with Crippen LogP contribution < -0.4 is 10.1 Å². The summed E-state index contributed by atoms with van der Waals surface area (Å²) in [6, 6.07) is 13.9. The van der Waals surface area contributed by atoms with Crippen LogP contribution in [0.15, 0.2) is 46.9 Å². The molecule has 136 valence electrons. The lowest BCUT2D eigenvalue weighted by atomic mass is 10.2. The van der Waals surface area contributed by atoms with Gasteiger partial charge in [-0.2, -0.15) is 0 Å². The van der Waals surface area contributed by atoms with Crippen LogP contribution in [0.4, 0.5) is 0 Å². The second-order valence-electron chi connectivity index (χ2n) is 6.16. The molecule has 3 rings (SSSR count). The van der Waals surface area contributed by atoms with Gasteiger partial charge in [0.25, 0.3) is 5.91 Å². The van der Waals surface area contributed by atoms with Gasteiger partial charge in [0.05, 0.1) is 19.7 Å². The Morgan fingerprint density at radius 2 is 2.12 bits per heavy atom. The molecule has 1 atom stereocenters. The molecule has 4 nitrogen and oxygen atoms in total. The van der Waals surface area contributed by atoms with Crippen molar-refractivity contribution < 1.29 is 9.53 Å². The second kappa shape index (κ2) is 8.64. The molecule has 0 aliphatic rings. The van der Waals surface area contributed by atoms with Gasteiger partial charge in [-0.05, 0) is 66.0 Å². The first kappa shape index (κ1) is 18.9. The van der Waals surface area contributed by atoms with Gasteiger partial charge >= 0.3 is 0 Å². The standard InChI is InChI=1S/C20H21BrN2O2S/c1-13-9-10-17(15(21)12-13)25-14(2)20(24)22-11-5-8-19-23-16-6-3-4-7-18(16)26-19/h3-4,6-7,9-10,12,14H,5,8,11H2,1-2H3,(H,22,24). The number of hydrogen-bond acceptors (Lipinski definition) is 4. The number of benzene rings is 2. The molecule has 1 unspecified atom stereocenters. The van der Waals surface area contributed by atoms with Gasteiger partial charge in [-0.15, -0.1) is 11.3 Å². The van der Waals surface area contributed by atoms with Crippen LogP contribution in [-0.4, -0.2) is 23.5 Å². The van der Waals surface area contributed by atoms with Crippen LogP contribution in [0, 0.1) is 6.92 Å². The summed E-state index contributed by atoms with van der Waals surface area (Å²) >= 11 is 5.18. The monoisotopic (exact) mass is 432 g/mol. The number of aryl methyl sites for hydroxylation is 2. The largest absolute Gasteiger partial charge is 0.480 e. The zero-order valence-corrected chi connectivity index (χ0v) is 17.2. The van der Waals surface area contributed by atoms with E-state index in [1.165, 1.54) is 4.70 Å². The molecule has 0 spiro atoms. The van der Waals surface area contributed by atoms with Crippen molar-refractivity contribution >= 4 is 43.4 Å². The fraction of sp³-hybridized carbons (Fsp3) is 0.300. The molecule has 0 saturated heterocycles. The van der Waals surface area contributed by atoms with E-state index in [9.17, 15) is 4.79 Å². The average Bonchev–Trinajstić information content (AvgIpc) is 3.03. The van der Waals surface area contributed by atoms with Crippen molar-refractivity contribution in [1.29, 1.82) is 0 Å². The summed E-state index contributed by atoms with van der Waals surface area (Å²) in [4.78, 5) is 16.8. The molecule has 0 aliphatic heterocycles. The quantitative estimate of drug-likeness (QED) is 0.541. The highest BCUT2D eigenvalue weighted by Gasteiger charge is 2.15. The number of rotatable bonds is 7. The van der Waals surface area contributed by atoms with E-state index in [1.54, 1.807) is 18.3 Å². The van der Waals surface area contributed by atoms with Crippen molar-refractivity contribution in [2.75, 3.05) is 6.54 Å². The minimum atomic E-state index is -0.545. The number of carbonyl (C=O) groups is 1. The minimum Gasteiger partial charge on any atom is -0.480 e. The summed E-state index contributed by atoms with van der Waals surface area (Å²) in [6.07, 6.45) is 1.17. The van der Waals surface area contributed by atoms with E-state index >= 15 is 0 Å². The van der Waals surface area contributed by atoms with Gasteiger partial charge < -0.3 is 10.1 Å². The van der Waals surface area contributed by atoms with E-state index < -0.39 is 6.10 Å². The maximum Gasteiger partial charge on any atom is 0.260 e. The van der Waals surface area contributed by atoms with E-state index in [4.69, 9.17) is 4.74 Å². The number of nitrogens with one attached hydrogen (secondary N) is 1. The van der Waals surface area contributed by atoms with E-state index in [-0.39, 0.29) is 5.91 Å². The number of amides is 1. The van der Waals surface area contributed by atoms with Gasteiger partial charge in [-0.25, -0.2) is 4.98 Å². The number of fused-ring (bicyclic) bond motifs is 1. The third-order valence-electron chi connectivity index (χ3n) is 3.97. The number of carbonyl (C=O) groups excluding carboxylic acids is 1. The molecule has 2 aromatic carbocycles. The Labute approximate surface area is 165 Å². The molecule has 1 amide bonds. The smallest absolute Gasteiger partial charge is 0.260 e. The maximum absolute atomic E-state index is 12.2. The zero-order valence-electron chi connectivity index (χ0n) is 14.8. The molecule has 0 aliphatic carbocycles. The lowest BCUT2D eigenvalue weighted by Crippen LogP contribution is -2.37. The summed E-state index contributed by atoms with van der Waals surface area (Å²) in [6.45, 7) is 4.38. The molecule has 1 heterocycles. The summed E-state index contributed by atoms with van der Waals surface area (Å²) in [5.74, 6) is 0.564. The Balaban J connectivity index is 1.44. The van der Waals surface area contributed by atoms with Gasteiger partial charge in [0, 0.05) is 13.0 Å². The molecular weight excluding hydrogens is 412 g/mol. The number of para-hydroxylation sites is 1. The fourth-order valence-corrected chi connectivity index (χ4v) is 4.16. The highest BCUT2D eigenvalue weighted by Crippen LogP contribution is 2.26. The van der Waals surface area contributed by atoms with E-state index in [1.807, 2.05) is 43.3 Å². The van der Waals surface area contributed by atoms with Gasteiger partial charge in [-0.1, -0.05) is 18.2 Å². The lowest BCUT2D eigenvalue weighted by molar-refractivity contribution is -0.127. The third kappa shape index (κ3) is 4.83. The molecule has 0 fully saturated rings. The number of thiazole rings is 1. The Bertz CT molecular complexity index is 877. The van der Waals surface area contributed by atoms with Crippen molar-refractivity contribution in [3.63, 3.8) is 0 Å². The van der Waals surface area contributed by atoms with Crippen LogP contribution in [0.3, 0.4) is 0 Å². The predicted molar refractivity (Wildman–Crippen MR) is 110 cm³/mol. The highest BCUT2D eigenvalue weighted by atomic mass is 79.9. The first-order valence-corrected chi connectivity index (χ1v) is 10.2. The molecule has 26 heavy (non-hydrogen) atoms. The Hall–Kier alpha value is -1.92. The van der Waals surface area contributed by atoms with Gasteiger partial charge in [0.2, 0.25) is 0 Å². The molecule has 0 bridgehead atoms. The second-order valence-corrected chi connectivity index (χ2v) is 8.13. The van der Waals surface area contributed by atoms with Crippen molar-refractivity contribution in [1.82, 2.24) is 10.3 Å². The maximum atomic E-state index is 12.2. The number of nitrogens with zero attached hydrogens (tertiary/aromatic N) is 1. The number of aromatic nitrogens is 1. The summed E-state index contributed by atoms with van der Waals surface area (Å²) in [5.41, 5.74) is 2.18. The minimum absolute atomic E-state index is 0.109. The molecule has 6 heteroatoms. The van der Waals surface area contributed by atoms with Crippen molar-refractivity contribution in [2.24, 2.45) is 0 Å². The molecule has 0 radical (unpaired) electrons. The fourth-order valence-electron chi connectivity index (χ4n) is 2.57. The van der Waals surface area contributed by atoms with Crippen LogP contribution in [-0.2, 0) is 11.2 Å². The number of ether oxygens (including phenoxy) is 1. The Morgan fingerprint density at radius 3 is 2.88 bits per heavy atom. The molecule has 1 aromatic heterocycles. The first-order chi connectivity index (χ1) is 12.5. The SMILES string of the molecule is Cc1ccc(OC(C)C(=O)NCCCc2nc3ccccc3s2)c(Br)c1.